The average molecular weight is 216 g/mol. The lowest BCUT2D eigenvalue weighted by Gasteiger charge is -2.12. The quantitative estimate of drug-likeness (QED) is 0.611. The molecule has 0 aliphatic heterocycles. The van der Waals surface area contributed by atoms with Crippen molar-refractivity contribution >= 4 is 16.5 Å². The highest BCUT2D eigenvalue weighted by atomic mass is 32.0. The van der Waals surface area contributed by atoms with Crippen molar-refractivity contribution in [1.82, 2.24) is 0 Å². The monoisotopic (exact) mass is 216 g/mol. The van der Waals surface area contributed by atoms with Crippen molar-refractivity contribution < 1.29 is 0 Å². The van der Waals surface area contributed by atoms with E-state index >= 15 is 0 Å². The van der Waals surface area contributed by atoms with Crippen LogP contribution in [0.2, 0.25) is 0 Å². The molecular formula is C11H22P2. The van der Waals surface area contributed by atoms with Crippen LogP contribution >= 0.6 is 16.5 Å². The Balaban J connectivity index is 1.52. The fourth-order valence-corrected chi connectivity index (χ4v) is 7.38. The van der Waals surface area contributed by atoms with Crippen LogP contribution in [0.5, 0.6) is 0 Å². The summed E-state index contributed by atoms with van der Waals surface area (Å²) in [6.45, 7) is 0. The predicted molar refractivity (Wildman–Crippen MR) is 65.7 cm³/mol. The van der Waals surface area contributed by atoms with Gasteiger partial charge in [-0.2, -0.15) is 0 Å². The highest BCUT2D eigenvalue weighted by Crippen LogP contribution is 2.49. The molecule has 0 amide bonds. The van der Waals surface area contributed by atoms with E-state index in [4.69, 9.17) is 0 Å². The van der Waals surface area contributed by atoms with Crippen LogP contribution in [0.1, 0.15) is 51.4 Å². The van der Waals surface area contributed by atoms with E-state index in [1.54, 1.807) is 31.8 Å². The van der Waals surface area contributed by atoms with Crippen LogP contribution < -0.4 is 0 Å². The number of rotatable bonds is 4. The lowest BCUT2D eigenvalue weighted by molar-refractivity contribution is 0.622. The molecule has 2 atom stereocenters. The molecule has 0 aromatic rings. The second-order valence-corrected chi connectivity index (χ2v) is 8.45. The first-order chi connectivity index (χ1) is 6.45. The third-order valence-electron chi connectivity index (χ3n) is 3.53. The van der Waals surface area contributed by atoms with Gasteiger partial charge in [0.15, 0.2) is 0 Å². The van der Waals surface area contributed by atoms with E-state index in [-0.39, 0.29) is 0 Å². The van der Waals surface area contributed by atoms with Gasteiger partial charge in [0.2, 0.25) is 0 Å². The molecule has 2 saturated carbocycles. The molecule has 0 spiro atoms. The van der Waals surface area contributed by atoms with Gasteiger partial charge in [0, 0.05) is 0 Å². The Kier molecular flexibility index (Phi) is 4.53. The fourth-order valence-electron chi connectivity index (χ4n) is 2.63. The van der Waals surface area contributed by atoms with Gasteiger partial charge >= 0.3 is 0 Å². The fraction of sp³-hybridized carbons (Fsp3) is 1.00. The minimum atomic E-state index is 1.15. The summed E-state index contributed by atoms with van der Waals surface area (Å²) in [5, 5.41) is 0. The third kappa shape index (κ3) is 3.49. The highest BCUT2D eigenvalue weighted by molar-refractivity contribution is 8.12. The third-order valence-corrected chi connectivity index (χ3v) is 7.95. The Hall–Kier alpha value is 0.860. The minimum absolute atomic E-state index is 1.15. The first-order valence-corrected chi connectivity index (χ1v) is 9.22. The topological polar surface area (TPSA) is 0 Å². The van der Waals surface area contributed by atoms with E-state index in [2.05, 4.69) is 0 Å². The number of hydrogen-bond acceptors (Lipinski definition) is 0. The Morgan fingerprint density at radius 1 is 0.846 bits per heavy atom. The summed E-state index contributed by atoms with van der Waals surface area (Å²) in [5.74, 6) is 1.15. The summed E-state index contributed by atoms with van der Waals surface area (Å²) in [6, 6.07) is 0. The second-order valence-electron chi connectivity index (χ2n) is 4.66. The Morgan fingerprint density at radius 3 is 2.15 bits per heavy atom. The molecule has 2 fully saturated rings. The largest absolute Gasteiger partial charge is 0.0987 e. The van der Waals surface area contributed by atoms with Gasteiger partial charge < -0.3 is 0 Å². The smallest absolute Gasteiger partial charge is 0.0200 e. The lowest BCUT2D eigenvalue weighted by Crippen LogP contribution is -1.94. The maximum absolute atomic E-state index is 1.59. The van der Waals surface area contributed by atoms with Gasteiger partial charge in [0.25, 0.3) is 0 Å². The van der Waals surface area contributed by atoms with E-state index in [1.165, 1.54) is 47.9 Å². The second kappa shape index (κ2) is 5.67. The van der Waals surface area contributed by atoms with Crippen LogP contribution in [0, 0.1) is 5.92 Å². The molecule has 2 aliphatic rings. The first-order valence-electron chi connectivity index (χ1n) is 5.93. The van der Waals surface area contributed by atoms with E-state index in [9.17, 15) is 0 Å². The molecule has 2 aliphatic carbocycles. The Labute approximate surface area is 86.1 Å². The van der Waals surface area contributed by atoms with Gasteiger partial charge in [-0.15, -0.1) is 0 Å². The molecule has 0 aromatic carbocycles. The SMILES string of the molecule is C1CCC(CPPC2CCCC2)C1. The molecule has 0 nitrogen and oxygen atoms in total. The van der Waals surface area contributed by atoms with Crippen molar-refractivity contribution in [2.45, 2.75) is 57.0 Å². The van der Waals surface area contributed by atoms with E-state index in [0.717, 1.165) is 5.92 Å². The van der Waals surface area contributed by atoms with Crippen molar-refractivity contribution in [1.29, 1.82) is 0 Å². The summed E-state index contributed by atoms with van der Waals surface area (Å²) in [5.41, 5.74) is 1.17. The summed E-state index contributed by atoms with van der Waals surface area (Å²) in [6.07, 6.45) is 14.0. The summed E-state index contributed by atoms with van der Waals surface area (Å²) in [4.78, 5) is 0. The summed E-state index contributed by atoms with van der Waals surface area (Å²) < 4.78 is 0. The normalized spacial score (nSPS) is 27.7. The maximum atomic E-state index is 1.59. The zero-order chi connectivity index (χ0) is 8.93. The van der Waals surface area contributed by atoms with Gasteiger partial charge in [-0.25, -0.2) is 0 Å². The van der Waals surface area contributed by atoms with Gasteiger partial charge in [-0.1, -0.05) is 55.1 Å². The van der Waals surface area contributed by atoms with Crippen molar-refractivity contribution in [3.63, 3.8) is 0 Å². The predicted octanol–water partition coefficient (Wildman–Crippen LogP) is 4.39. The molecule has 76 valence electrons. The van der Waals surface area contributed by atoms with Crippen LogP contribution in [0.3, 0.4) is 0 Å². The Bertz CT molecular complexity index is 119. The van der Waals surface area contributed by atoms with Crippen molar-refractivity contribution in [3.05, 3.63) is 0 Å². The van der Waals surface area contributed by atoms with Gasteiger partial charge in [-0.3, -0.25) is 0 Å². The van der Waals surface area contributed by atoms with Crippen LogP contribution in [-0.2, 0) is 0 Å². The van der Waals surface area contributed by atoms with Gasteiger partial charge in [-0.05, 0) is 30.6 Å². The molecule has 13 heavy (non-hydrogen) atoms. The lowest BCUT2D eigenvalue weighted by atomic mass is 10.1. The molecule has 0 aromatic heterocycles. The van der Waals surface area contributed by atoms with Gasteiger partial charge in [0.1, 0.15) is 0 Å². The Morgan fingerprint density at radius 2 is 1.46 bits per heavy atom. The van der Waals surface area contributed by atoms with Crippen LogP contribution in [0.4, 0.5) is 0 Å². The molecule has 0 N–H and O–H groups in total. The average Bonchev–Trinajstić information content (AvgIpc) is 2.75. The van der Waals surface area contributed by atoms with Crippen molar-refractivity contribution in [3.8, 4) is 0 Å². The molecule has 2 unspecified atom stereocenters. The first kappa shape index (κ1) is 10.4. The maximum Gasteiger partial charge on any atom is -0.0200 e. The standard InChI is InChI=1S/C11H22P2/c1-2-6-10(5-1)9-12-13-11-7-3-4-8-11/h10-13H,1-9H2. The minimum Gasteiger partial charge on any atom is -0.0987 e. The van der Waals surface area contributed by atoms with Crippen LogP contribution in [0.25, 0.3) is 0 Å². The van der Waals surface area contributed by atoms with Crippen molar-refractivity contribution in [2.24, 2.45) is 5.92 Å². The molecule has 2 heteroatoms. The molecule has 0 saturated heterocycles. The zero-order valence-electron chi connectivity index (χ0n) is 8.52. The molecular weight excluding hydrogens is 194 g/mol. The van der Waals surface area contributed by atoms with Crippen LogP contribution in [-0.4, -0.2) is 11.8 Å². The highest BCUT2D eigenvalue weighted by Gasteiger charge is 2.17. The van der Waals surface area contributed by atoms with Crippen LogP contribution in [0.15, 0.2) is 0 Å². The molecule has 0 heterocycles. The number of hydrogen-bond donors (Lipinski definition) is 0. The molecule has 0 radical (unpaired) electrons. The summed E-state index contributed by atoms with van der Waals surface area (Å²) in [7, 11) is 2.67. The molecule has 0 bridgehead atoms. The zero-order valence-corrected chi connectivity index (χ0v) is 10.5. The molecule has 2 rings (SSSR count). The van der Waals surface area contributed by atoms with E-state index in [0.29, 0.717) is 0 Å². The summed E-state index contributed by atoms with van der Waals surface area (Å²) >= 11 is 0. The van der Waals surface area contributed by atoms with E-state index in [1.807, 2.05) is 0 Å². The van der Waals surface area contributed by atoms with Crippen molar-refractivity contribution in [2.75, 3.05) is 6.16 Å². The van der Waals surface area contributed by atoms with Gasteiger partial charge in [0.05, 0.1) is 0 Å². The van der Waals surface area contributed by atoms with E-state index < -0.39 is 0 Å².